The van der Waals surface area contributed by atoms with Gasteiger partial charge in [-0.3, -0.25) is 0 Å². The molecule has 0 bridgehead atoms. The van der Waals surface area contributed by atoms with Crippen molar-refractivity contribution in [1.82, 2.24) is 0 Å². The second-order valence-electron chi connectivity index (χ2n) is 3.77. The summed E-state index contributed by atoms with van der Waals surface area (Å²) in [4.78, 5) is 0. The SMILES string of the molecule is Cc1ccccc1.F[P-](F)(F)(F)(F)F.S.[H+].c1ccccc1. The van der Waals surface area contributed by atoms with Crippen molar-refractivity contribution in [3.63, 3.8) is 0 Å². The van der Waals surface area contributed by atoms with Gasteiger partial charge in [0.1, 0.15) is 0 Å². The zero-order valence-electron chi connectivity index (χ0n) is 12.1. The third kappa shape index (κ3) is 32.4. The van der Waals surface area contributed by atoms with Gasteiger partial charge >= 0.3 is 34.4 Å². The van der Waals surface area contributed by atoms with Crippen molar-refractivity contribution in [2.45, 2.75) is 6.92 Å². The Morgan fingerprint density at radius 2 is 0.810 bits per heavy atom. The van der Waals surface area contributed by atoms with Gasteiger partial charge in [-0.05, 0) is 6.92 Å². The van der Waals surface area contributed by atoms with E-state index in [0.29, 0.717) is 0 Å². The second-order valence-corrected chi connectivity index (χ2v) is 5.68. The molecule has 0 N–H and O–H groups in total. The average Bonchev–Trinajstić information content (AvgIpc) is 2.29. The molecule has 8 heteroatoms. The van der Waals surface area contributed by atoms with Crippen LogP contribution in [0.4, 0.5) is 25.2 Å². The first-order valence-electron chi connectivity index (χ1n) is 5.42. The molecule has 0 aliphatic rings. The van der Waals surface area contributed by atoms with Crippen LogP contribution in [-0.2, 0) is 0 Å². The molecule has 0 nitrogen and oxygen atoms in total. The third-order valence-electron chi connectivity index (χ3n) is 1.61. The molecule has 122 valence electrons. The number of hydrogen-bond acceptors (Lipinski definition) is 0. The van der Waals surface area contributed by atoms with E-state index in [-0.39, 0.29) is 14.9 Å². The molecule has 0 saturated carbocycles. The van der Waals surface area contributed by atoms with Gasteiger partial charge in [-0.1, -0.05) is 72.3 Å². The zero-order valence-corrected chi connectivity index (χ0v) is 13.0. The van der Waals surface area contributed by atoms with Crippen molar-refractivity contribution < 1.29 is 26.6 Å². The Balaban J connectivity index is -0.000000236. The molecule has 0 aliphatic carbocycles. The standard InChI is InChI=1S/C7H8.C6H6.F6P.H2S/c1-7-5-3-2-4-6-7;1-2-4-6-5-3-1;1-7(2,3,4,5)6;/h2-6H,1H3;1-6H;;1H2/q;;-1;/p+1. The van der Waals surface area contributed by atoms with E-state index in [1.165, 1.54) is 5.56 Å². The molecular formula is C13H17F6PS. The summed E-state index contributed by atoms with van der Waals surface area (Å²) in [5.41, 5.74) is 1.32. The van der Waals surface area contributed by atoms with E-state index in [4.69, 9.17) is 0 Å². The van der Waals surface area contributed by atoms with E-state index in [2.05, 4.69) is 19.1 Å². The predicted molar refractivity (Wildman–Crippen MR) is 82.7 cm³/mol. The minimum atomic E-state index is -10.7. The van der Waals surface area contributed by atoms with E-state index in [0.717, 1.165) is 0 Å². The summed E-state index contributed by atoms with van der Waals surface area (Å²) in [6, 6.07) is 22.3. The first kappa shape index (κ1) is 22.1. The number of hydrogen-bond donors (Lipinski definition) is 0. The molecule has 0 spiro atoms. The molecule has 0 fully saturated rings. The van der Waals surface area contributed by atoms with Gasteiger partial charge in [0.05, 0.1) is 0 Å². The number of halogens is 6. The maximum Gasteiger partial charge on any atom is 1.00 e. The summed E-state index contributed by atoms with van der Waals surface area (Å²) >= 11 is 0. The van der Waals surface area contributed by atoms with Gasteiger partial charge in [0, 0.05) is 0 Å². The van der Waals surface area contributed by atoms with Crippen LogP contribution < -0.4 is 0 Å². The van der Waals surface area contributed by atoms with E-state index in [9.17, 15) is 25.2 Å². The molecule has 0 amide bonds. The monoisotopic (exact) mass is 350 g/mol. The van der Waals surface area contributed by atoms with Crippen molar-refractivity contribution in [1.29, 1.82) is 0 Å². The van der Waals surface area contributed by atoms with Crippen molar-refractivity contribution in [3.8, 4) is 0 Å². The summed E-state index contributed by atoms with van der Waals surface area (Å²) in [7, 11) is -10.7. The van der Waals surface area contributed by atoms with Gasteiger partial charge < -0.3 is 0 Å². The second kappa shape index (κ2) is 7.71. The first-order valence-corrected chi connectivity index (χ1v) is 7.45. The maximum absolute atomic E-state index is 10.7. The Kier molecular flexibility index (Phi) is 8.11. The number of rotatable bonds is 0. The minimum absolute atomic E-state index is 0. The molecule has 0 atom stereocenters. The molecule has 2 aromatic rings. The zero-order chi connectivity index (χ0) is 15.8. The Morgan fingerprint density at radius 3 is 0.952 bits per heavy atom. The largest absolute Gasteiger partial charge is 1.00 e. The van der Waals surface area contributed by atoms with E-state index in [1.54, 1.807) is 0 Å². The van der Waals surface area contributed by atoms with Crippen LogP contribution >= 0.6 is 21.3 Å². The summed E-state index contributed by atoms with van der Waals surface area (Å²) in [5.74, 6) is 0. The van der Waals surface area contributed by atoms with Gasteiger partial charge in [-0.25, -0.2) is 0 Å². The Bertz CT molecular complexity index is 451. The van der Waals surface area contributed by atoms with Gasteiger partial charge in [0.25, 0.3) is 0 Å². The fourth-order valence-corrected chi connectivity index (χ4v) is 0.919. The van der Waals surface area contributed by atoms with Gasteiger partial charge in [-0.2, -0.15) is 13.5 Å². The van der Waals surface area contributed by atoms with Crippen LogP contribution in [0.3, 0.4) is 0 Å². The van der Waals surface area contributed by atoms with Gasteiger partial charge in [0.2, 0.25) is 0 Å². The maximum atomic E-state index is 9.87. The fourth-order valence-electron chi connectivity index (χ4n) is 0.919. The van der Waals surface area contributed by atoms with Crippen molar-refractivity contribution in [2.75, 3.05) is 0 Å². The van der Waals surface area contributed by atoms with Crippen LogP contribution in [0.5, 0.6) is 0 Å². The van der Waals surface area contributed by atoms with Crippen molar-refractivity contribution in [3.05, 3.63) is 72.3 Å². The van der Waals surface area contributed by atoms with Crippen LogP contribution in [0.2, 0.25) is 0 Å². The average molecular weight is 350 g/mol. The van der Waals surface area contributed by atoms with Crippen molar-refractivity contribution >= 4 is 21.3 Å². The van der Waals surface area contributed by atoms with Crippen LogP contribution in [0.15, 0.2) is 66.7 Å². The van der Waals surface area contributed by atoms with Crippen LogP contribution in [-0.4, -0.2) is 0 Å². The molecule has 0 aromatic heterocycles. The summed E-state index contributed by atoms with van der Waals surface area (Å²) in [5, 5.41) is 0. The fraction of sp³-hybridized carbons (Fsp3) is 0.0769. The van der Waals surface area contributed by atoms with Crippen LogP contribution in [0, 0.1) is 6.92 Å². The summed E-state index contributed by atoms with van der Waals surface area (Å²) in [6.07, 6.45) is 0. The van der Waals surface area contributed by atoms with Crippen molar-refractivity contribution in [2.24, 2.45) is 0 Å². The molecular weight excluding hydrogens is 333 g/mol. The molecule has 0 radical (unpaired) electrons. The molecule has 21 heavy (non-hydrogen) atoms. The topological polar surface area (TPSA) is 0 Å². The molecule has 0 unspecified atom stereocenters. The first-order chi connectivity index (χ1) is 8.84. The van der Waals surface area contributed by atoms with Crippen LogP contribution in [0.25, 0.3) is 0 Å². The Labute approximate surface area is 128 Å². The predicted octanol–water partition coefficient (Wildman–Crippen LogP) is 7.29. The van der Waals surface area contributed by atoms with Crippen LogP contribution in [0.1, 0.15) is 6.99 Å². The van der Waals surface area contributed by atoms with E-state index < -0.39 is 7.81 Å². The van der Waals surface area contributed by atoms with E-state index in [1.807, 2.05) is 54.6 Å². The Morgan fingerprint density at radius 1 is 0.619 bits per heavy atom. The molecule has 0 heterocycles. The van der Waals surface area contributed by atoms with Gasteiger partial charge in [-0.15, -0.1) is 0 Å². The normalized spacial score (nSPS) is 12.9. The number of benzene rings is 2. The number of aryl methyl sites for hydroxylation is 1. The molecule has 0 aliphatic heterocycles. The smallest absolute Gasteiger partial charge is 0.197 e. The summed E-state index contributed by atoms with van der Waals surface area (Å²) < 4.78 is 59.2. The van der Waals surface area contributed by atoms with E-state index >= 15 is 0 Å². The third-order valence-corrected chi connectivity index (χ3v) is 1.61. The molecule has 2 aromatic carbocycles. The minimum Gasteiger partial charge on any atom is -0.197 e. The Hall–Kier alpha value is -1.20. The molecule has 0 saturated heterocycles. The van der Waals surface area contributed by atoms with Gasteiger partial charge in [0.15, 0.2) is 0 Å². The summed E-state index contributed by atoms with van der Waals surface area (Å²) in [6.45, 7) is 2.08. The molecule has 2 rings (SSSR count). The quantitative estimate of drug-likeness (QED) is 0.346.